The van der Waals surface area contributed by atoms with Gasteiger partial charge < -0.3 is 15.4 Å². The first kappa shape index (κ1) is 18.2. The van der Waals surface area contributed by atoms with Crippen molar-refractivity contribution in [2.45, 2.75) is 25.9 Å². The molecule has 2 rings (SSSR count). The average molecular weight is 344 g/mol. The number of nitro groups is 1. The Labute approximate surface area is 145 Å². The van der Waals surface area contributed by atoms with Gasteiger partial charge >= 0.3 is 0 Å². The van der Waals surface area contributed by atoms with E-state index in [0.29, 0.717) is 11.6 Å². The van der Waals surface area contributed by atoms with E-state index in [1.165, 1.54) is 19.2 Å². The van der Waals surface area contributed by atoms with E-state index in [4.69, 9.17) is 4.74 Å². The minimum absolute atomic E-state index is 0.00326. The van der Waals surface area contributed by atoms with E-state index in [-0.39, 0.29) is 18.1 Å². The summed E-state index contributed by atoms with van der Waals surface area (Å²) in [6, 6.07) is 9.50. The van der Waals surface area contributed by atoms with Crippen molar-refractivity contribution < 1.29 is 14.5 Å². The highest BCUT2D eigenvalue weighted by molar-refractivity contribution is 5.88. The van der Waals surface area contributed by atoms with Gasteiger partial charge in [-0.05, 0) is 32.0 Å². The second-order valence-electron chi connectivity index (χ2n) is 5.91. The number of nitrogens with one attached hydrogen (secondary N) is 2. The Hall–Kier alpha value is -3.16. The minimum Gasteiger partial charge on any atom is -0.481 e. The lowest BCUT2D eigenvalue weighted by Gasteiger charge is -2.26. The molecule has 0 aliphatic heterocycles. The van der Waals surface area contributed by atoms with E-state index in [1.54, 1.807) is 38.2 Å². The molecule has 1 aromatic heterocycles. The zero-order chi connectivity index (χ0) is 18.4. The Balaban J connectivity index is 2.00. The number of non-ortho nitro benzene ring substituents is 1. The Morgan fingerprint density at radius 3 is 2.56 bits per heavy atom. The first-order chi connectivity index (χ1) is 11.8. The number of pyridine rings is 1. The number of nitrogens with zero attached hydrogens (tertiary/aromatic N) is 2. The number of ether oxygens (including phenoxy) is 1. The topological polar surface area (TPSA) is 106 Å². The first-order valence-corrected chi connectivity index (χ1v) is 7.62. The molecule has 0 aliphatic carbocycles. The summed E-state index contributed by atoms with van der Waals surface area (Å²) in [5.74, 6) is 0.237. The van der Waals surface area contributed by atoms with Gasteiger partial charge in [0.05, 0.1) is 12.0 Å². The number of nitro benzene ring substituents is 1. The molecule has 2 N–H and O–H groups in total. The van der Waals surface area contributed by atoms with Gasteiger partial charge in [0.2, 0.25) is 11.8 Å². The molecular weight excluding hydrogens is 324 g/mol. The fraction of sp³-hybridized carbons (Fsp3) is 0.294. The number of carbonyl (C=O) groups excluding carboxylic acids is 1. The third-order valence-corrected chi connectivity index (χ3v) is 3.59. The van der Waals surface area contributed by atoms with Crippen LogP contribution in [-0.4, -0.2) is 28.5 Å². The van der Waals surface area contributed by atoms with Crippen LogP contribution < -0.4 is 15.4 Å². The molecule has 1 aromatic carbocycles. The normalized spacial score (nSPS) is 10.8. The molecule has 8 heteroatoms. The van der Waals surface area contributed by atoms with E-state index in [9.17, 15) is 14.9 Å². The molecule has 0 saturated carbocycles. The van der Waals surface area contributed by atoms with Gasteiger partial charge in [0.25, 0.3) is 5.69 Å². The molecule has 0 spiro atoms. The smallest absolute Gasteiger partial charge is 0.269 e. The van der Waals surface area contributed by atoms with Gasteiger partial charge in [-0.1, -0.05) is 6.07 Å². The van der Waals surface area contributed by atoms with Crippen LogP contribution in [0.3, 0.4) is 0 Å². The van der Waals surface area contributed by atoms with Crippen molar-refractivity contribution in [3.63, 3.8) is 0 Å². The van der Waals surface area contributed by atoms with Crippen molar-refractivity contribution in [2.24, 2.45) is 0 Å². The molecule has 0 saturated heterocycles. The molecule has 0 fully saturated rings. The van der Waals surface area contributed by atoms with E-state index in [2.05, 4.69) is 15.6 Å². The van der Waals surface area contributed by atoms with Crippen LogP contribution in [0.25, 0.3) is 0 Å². The van der Waals surface area contributed by atoms with Crippen molar-refractivity contribution >= 4 is 17.3 Å². The number of aromatic nitrogens is 1. The molecule has 8 nitrogen and oxygen atoms in total. The second kappa shape index (κ2) is 7.61. The summed E-state index contributed by atoms with van der Waals surface area (Å²) < 4.78 is 5.16. The van der Waals surface area contributed by atoms with Gasteiger partial charge in [-0.3, -0.25) is 14.9 Å². The number of methoxy groups -OCH3 is 1. The van der Waals surface area contributed by atoms with Crippen molar-refractivity contribution in [3.05, 3.63) is 58.3 Å². The van der Waals surface area contributed by atoms with Gasteiger partial charge in [0.1, 0.15) is 5.54 Å². The quantitative estimate of drug-likeness (QED) is 0.590. The average Bonchev–Trinajstić information content (AvgIpc) is 2.59. The molecule has 2 aromatic rings. The first-order valence-electron chi connectivity index (χ1n) is 7.62. The molecule has 0 bridgehead atoms. The van der Waals surface area contributed by atoms with Crippen LogP contribution in [0, 0.1) is 10.1 Å². The van der Waals surface area contributed by atoms with Crippen molar-refractivity contribution in [3.8, 4) is 5.88 Å². The van der Waals surface area contributed by atoms with Crippen molar-refractivity contribution in [1.82, 2.24) is 10.3 Å². The molecular formula is C17H20N4O4. The highest BCUT2D eigenvalue weighted by Gasteiger charge is 2.27. The monoisotopic (exact) mass is 344 g/mol. The summed E-state index contributed by atoms with van der Waals surface area (Å²) in [5.41, 5.74) is 0.469. The van der Waals surface area contributed by atoms with Gasteiger partial charge in [-0.15, -0.1) is 0 Å². The maximum atomic E-state index is 12.5. The number of rotatable bonds is 7. The van der Waals surface area contributed by atoms with E-state index in [1.807, 2.05) is 6.07 Å². The predicted octanol–water partition coefficient (Wildman–Crippen LogP) is 2.51. The fourth-order valence-corrected chi connectivity index (χ4v) is 2.22. The zero-order valence-electron chi connectivity index (χ0n) is 14.3. The summed E-state index contributed by atoms with van der Waals surface area (Å²) in [5, 5.41) is 16.6. The molecule has 0 unspecified atom stereocenters. The van der Waals surface area contributed by atoms with Gasteiger partial charge in [-0.25, -0.2) is 4.98 Å². The molecule has 1 heterocycles. The van der Waals surface area contributed by atoms with Crippen LogP contribution in [0.4, 0.5) is 11.4 Å². The Morgan fingerprint density at radius 2 is 1.96 bits per heavy atom. The Bertz CT molecular complexity index is 759. The summed E-state index contributed by atoms with van der Waals surface area (Å²) >= 11 is 0. The highest BCUT2D eigenvalue weighted by Crippen LogP contribution is 2.20. The van der Waals surface area contributed by atoms with Crippen LogP contribution >= 0.6 is 0 Å². The van der Waals surface area contributed by atoms with E-state index in [0.717, 1.165) is 5.56 Å². The second-order valence-corrected chi connectivity index (χ2v) is 5.91. The highest BCUT2D eigenvalue weighted by atomic mass is 16.6. The number of benzene rings is 1. The van der Waals surface area contributed by atoms with E-state index >= 15 is 0 Å². The number of amides is 1. The van der Waals surface area contributed by atoms with Crippen LogP contribution in [0.15, 0.2) is 42.6 Å². The van der Waals surface area contributed by atoms with Gasteiger partial charge in [-0.2, -0.15) is 0 Å². The number of carbonyl (C=O) groups is 1. The van der Waals surface area contributed by atoms with Gasteiger partial charge in [0, 0.05) is 36.1 Å². The lowest BCUT2D eigenvalue weighted by Crippen LogP contribution is -2.47. The molecule has 1 amide bonds. The molecule has 132 valence electrons. The molecule has 0 aliphatic rings. The fourth-order valence-electron chi connectivity index (χ4n) is 2.22. The number of hydrogen-bond acceptors (Lipinski definition) is 6. The molecule has 0 atom stereocenters. The van der Waals surface area contributed by atoms with Crippen molar-refractivity contribution in [1.29, 1.82) is 0 Å². The predicted molar refractivity (Wildman–Crippen MR) is 93.4 cm³/mol. The van der Waals surface area contributed by atoms with Crippen LogP contribution in [-0.2, 0) is 11.3 Å². The Kier molecular flexibility index (Phi) is 5.53. The molecule has 25 heavy (non-hydrogen) atoms. The maximum absolute atomic E-state index is 12.5. The third kappa shape index (κ3) is 4.66. The number of anilines is 1. The standard InChI is InChI=1S/C17H20N4O4/c1-17(2,20-13-6-8-14(9-7-13)21(23)24)16(22)19-11-12-5-4-10-18-15(12)25-3/h4-10,20H,11H2,1-3H3,(H,19,22). The zero-order valence-corrected chi connectivity index (χ0v) is 14.3. The van der Waals surface area contributed by atoms with Gasteiger partial charge in [0.15, 0.2) is 0 Å². The molecule has 0 radical (unpaired) electrons. The summed E-state index contributed by atoms with van der Waals surface area (Å²) in [6.07, 6.45) is 1.62. The maximum Gasteiger partial charge on any atom is 0.269 e. The largest absolute Gasteiger partial charge is 0.481 e. The van der Waals surface area contributed by atoms with Crippen LogP contribution in [0.1, 0.15) is 19.4 Å². The van der Waals surface area contributed by atoms with Crippen molar-refractivity contribution in [2.75, 3.05) is 12.4 Å². The summed E-state index contributed by atoms with van der Waals surface area (Å²) in [6.45, 7) is 3.73. The lowest BCUT2D eigenvalue weighted by molar-refractivity contribution is -0.384. The lowest BCUT2D eigenvalue weighted by atomic mass is 10.0. The van der Waals surface area contributed by atoms with Crippen LogP contribution in [0.2, 0.25) is 0 Å². The SMILES string of the molecule is COc1ncccc1CNC(=O)C(C)(C)Nc1ccc([N+](=O)[O-])cc1. The summed E-state index contributed by atoms with van der Waals surface area (Å²) in [4.78, 5) is 26.8. The minimum atomic E-state index is -0.911. The summed E-state index contributed by atoms with van der Waals surface area (Å²) in [7, 11) is 1.52. The number of hydrogen-bond donors (Lipinski definition) is 2. The Morgan fingerprint density at radius 1 is 1.28 bits per heavy atom. The van der Waals surface area contributed by atoms with E-state index < -0.39 is 10.5 Å². The van der Waals surface area contributed by atoms with Crippen LogP contribution in [0.5, 0.6) is 5.88 Å². The third-order valence-electron chi connectivity index (χ3n) is 3.59.